The number of thiophene rings is 1. The zero-order valence-electron chi connectivity index (χ0n) is 14.2. The number of nitrogens with one attached hydrogen (secondary N) is 1. The number of carbonyl (C=O) groups excluding carboxylic acids is 1. The maximum absolute atomic E-state index is 12.8. The Kier molecular flexibility index (Phi) is 3.54. The summed E-state index contributed by atoms with van der Waals surface area (Å²) >= 11 is 1.73. The average Bonchev–Trinajstić information content (AvgIpc) is 3.03. The molecule has 3 aliphatic rings. The van der Waals surface area contributed by atoms with Crippen LogP contribution in [0.25, 0.3) is 20.2 Å². The zero-order valence-corrected chi connectivity index (χ0v) is 15.1. The van der Waals surface area contributed by atoms with Crippen LogP contribution in [-0.2, 0) is 0 Å². The Labute approximate surface area is 150 Å². The minimum absolute atomic E-state index is 0.0391. The van der Waals surface area contributed by atoms with Crippen molar-refractivity contribution in [3.8, 4) is 0 Å². The molecule has 1 amide bonds. The van der Waals surface area contributed by atoms with Crippen LogP contribution in [0.1, 0.15) is 30.3 Å². The second-order valence-electron chi connectivity index (χ2n) is 7.28. The molecule has 0 unspecified atom stereocenters. The second kappa shape index (κ2) is 5.78. The number of nitrogens with zero attached hydrogens (tertiary/aromatic N) is 2. The first-order valence-electron chi connectivity index (χ1n) is 9.03. The number of piperidine rings is 3. The molecule has 0 radical (unpaired) electrons. The van der Waals surface area contributed by atoms with Crippen molar-refractivity contribution in [3.05, 3.63) is 42.2 Å². The summed E-state index contributed by atoms with van der Waals surface area (Å²) in [5.41, 5.74) is 0.527. The molecule has 3 aliphatic heterocycles. The number of benzene rings is 1. The van der Waals surface area contributed by atoms with Crippen molar-refractivity contribution >= 4 is 37.4 Å². The number of amides is 1. The van der Waals surface area contributed by atoms with Crippen LogP contribution in [0.4, 0.5) is 0 Å². The molecule has 2 bridgehead atoms. The molecule has 0 saturated carbocycles. The molecule has 2 atom stereocenters. The summed E-state index contributed by atoms with van der Waals surface area (Å²) in [6, 6.07) is 10.9. The van der Waals surface area contributed by atoms with Gasteiger partial charge >= 0.3 is 0 Å². The van der Waals surface area contributed by atoms with Crippen LogP contribution in [0, 0.1) is 5.92 Å². The van der Waals surface area contributed by atoms with Gasteiger partial charge in [-0.3, -0.25) is 9.69 Å². The van der Waals surface area contributed by atoms with E-state index in [0.717, 1.165) is 10.1 Å². The molecule has 2 aromatic heterocycles. The molecule has 3 fully saturated rings. The number of rotatable bonds is 2. The molecule has 128 valence electrons. The van der Waals surface area contributed by atoms with E-state index in [4.69, 9.17) is 0 Å². The molecule has 6 rings (SSSR count). The van der Waals surface area contributed by atoms with Crippen LogP contribution in [0.2, 0.25) is 0 Å². The van der Waals surface area contributed by atoms with Gasteiger partial charge in [0.1, 0.15) is 5.69 Å². The quantitative estimate of drug-likeness (QED) is 0.766. The Hall–Kier alpha value is -1.98. The molecule has 5 heteroatoms. The summed E-state index contributed by atoms with van der Waals surface area (Å²) in [6.07, 6.45) is 4.22. The van der Waals surface area contributed by atoms with Gasteiger partial charge < -0.3 is 5.32 Å². The van der Waals surface area contributed by atoms with E-state index >= 15 is 0 Å². The third kappa shape index (κ3) is 2.45. The van der Waals surface area contributed by atoms with Crippen LogP contribution in [-0.4, -0.2) is 41.0 Å². The Morgan fingerprint density at radius 1 is 1.20 bits per heavy atom. The van der Waals surface area contributed by atoms with Crippen molar-refractivity contribution in [1.29, 1.82) is 0 Å². The molecule has 0 aliphatic carbocycles. The van der Waals surface area contributed by atoms with Crippen LogP contribution in [0.3, 0.4) is 0 Å². The minimum atomic E-state index is -0.0391. The lowest BCUT2D eigenvalue weighted by molar-refractivity contribution is 0.0216. The number of hydrogen-bond acceptors (Lipinski definition) is 4. The molecule has 4 nitrogen and oxygen atoms in total. The number of pyridine rings is 1. The minimum Gasteiger partial charge on any atom is -0.346 e. The van der Waals surface area contributed by atoms with Crippen molar-refractivity contribution in [2.45, 2.75) is 31.8 Å². The second-order valence-corrected chi connectivity index (χ2v) is 8.36. The average molecular weight is 351 g/mol. The van der Waals surface area contributed by atoms with Gasteiger partial charge in [-0.1, -0.05) is 18.2 Å². The number of hydrogen-bond donors (Lipinski definition) is 1. The molecule has 3 saturated heterocycles. The summed E-state index contributed by atoms with van der Waals surface area (Å²) in [5.74, 6) is 0.567. The lowest BCUT2D eigenvalue weighted by Crippen LogP contribution is -2.62. The summed E-state index contributed by atoms with van der Waals surface area (Å²) in [4.78, 5) is 19.8. The van der Waals surface area contributed by atoms with Crippen LogP contribution in [0.15, 0.2) is 36.5 Å². The van der Waals surface area contributed by atoms with Crippen molar-refractivity contribution in [1.82, 2.24) is 15.2 Å². The smallest absolute Gasteiger partial charge is 0.270 e. The first kappa shape index (κ1) is 15.3. The first-order chi connectivity index (χ1) is 12.2. The van der Waals surface area contributed by atoms with Crippen LogP contribution < -0.4 is 5.32 Å². The van der Waals surface area contributed by atoms with Gasteiger partial charge in [0, 0.05) is 33.8 Å². The number of fused-ring (bicyclic) bond motifs is 6. The van der Waals surface area contributed by atoms with Crippen LogP contribution in [0.5, 0.6) is 0 Å². The van der Waals surface area contributed by atoms with E-state index in [2.05, 4.69) is 34.3 Å². The molecule has 25 heavy (non-hydrogen) atoms. The predicted octanol–water partition coefficient (Wildman–Crippen LogP) is 3.66. The molecule has 5 heterocycles. The van der Waals surface area contributed by atoms with E-state index in [1.807, 2.05) is 24.4 Å². The molecular weight excluding hydrogens is 330 g/mol. The molecule has 1 aromatic carbocycles. The fraction of sp³-hybridized carbons (Fsp3) is 0.400. The van der Waals surface area contributed by atoms with Gasteiger partial charge in [0.15, 0.2) is 0 Å². The van der Waals surface area contributed by atoms with Gasteiger partial charge in [0.05, 0.1) is 4.70 Å². The maximum atomic E-state index is 12.8. The highest BCUT2D eigenvalue weighted by atomic mass is 32.1. The maximum Gasteiger partial charge on any atom is 0.270 e. The van der Waals surface area contributed by atoms with Gasteiger partial charge in [-0.2, -0.15) is 0 Å². The topological polar surface area (TPSA) is 45.2 Å². The predicted molar refractivity (Wildman–Crippen MR) is 102 cm³/mol. The summed E-state index contributed by atoms with van der Waals surface area (Å²) < 4.78 is 2.37. The van der Waals surface area contributed by atoms with Gasteiger partial charge in [-0.15, -0.1) is 11.3 Å². The largest absolute Gasteiger partial charge is 0.346 e. The number of carbonyl (C=O) groups is 1. The Morgan fingerprint density at radius 3 is 2.80 bits per heavy atom. The third-order valence-electron chi connectivity index (χ3n) is 5.97. The van der Waals surface area contributed by atoms with Gasteiger partial charge in [0.2, 0.25) is 0 Å². The Bertz CT molecular complexity index is 956. The monoisotopic (exact) mass is 351 g/mol. The zero-order chi connectivity index (χ0) is 17.0. The van der Waals surface area contributed by atoms with Gasteiger partial charge in [-0.05, 0) is 50.9 Å². The highest BCUT2D eigenvalue weighted by Crippen LogP contribution is 2.34. The highest BCUT2D eigenvalue weighted by molar-refractivity contribution is 7.25. The number of aromatic nitrogens is 1. The van der Waals surface area contributed by atoms with E-state index in [1.54, 1.807) is 11.3 Å². The van der Waals surface area contributed by atoms with Crippen molar-refractivity contribution in [3.63, 3.8) is 0 Å². The Balaban J connectivity index is 1.46. The molecule has 3 aromatic rings. The van der Waals surface area contributed by atoms with E-state index in [9.17, 15) is 4.79 Å². The molecular formula is C20H21N3OS. The summed E-state index contributed by atoms with van der Waals surface area (Å²) in [5, 5.41) is 5.61. The van der Waals surface area contributed by atoms with Gasteiger partial charge in [0.25, 0.3) is 5.91 Å². The van der Waals surface area contributed by atoms with Crippen molar-refractivity contribution in [2.24, 2.45) is 5.92 Å². The van der Waals surface area contributed by atoms with Gasteiger partial charge in [-0.25, -0.2) is 4.98 Å². The summed E-state index contributed by atoms with van der Waals surface area (Å²) in [7, 11) is 0. The lowest BCUT2D eigenvalue weighted by atomic mass is 9.79. The SMILES string of the molecule is C[C@H]1[C@H](NC(=O)c2cc3c(cn2)sc2ccccc23)C2CCN1CC2. The van der Waals surface area contributed by atoms with Crippen molar-refractivity contribution in [2.75, 3.05) is 13.1 Å². The summed E-state index contributed by atoms with van der Waals surface area (Å²) in [6.45, 7) is 4.58. The van der Waals surface area contributed by atoms with E-state index in [1.165, 1.54) is 36.0 Å². The molecule has 0 spiro atoms. The van der Waals surface area contributed by atoms with E-state index in [-0.39, 0.29) is 11.9 Å². The molecule has 1 N–H and O–H groups in total. The van der Waals surface area contributed by atoms with E-state index in [0.29, 0.717) is 17.7 Å². The van der Waals surface area contributed by atoms with Crippen molar-refractivity contribution < 1.29 is 4.79 Å². The normalized spacial score (nSPS) is 28.5. The first-order valence-corrected chi connectivity index (χ1v) is 9.84. The Morgan fingerprint density at radius 2 is 2.00 bits per heavy atom. The fourth-order valence-corrected chi connectivity index (χ4v) is 5.58. The third-order valence-corrected chi connectivity index (χ3v) is 7.09. The highest BCUT2D eigenvalue weighted by Gasteiger charge is 2.40. The lowest BCUT2D eigenvalue weighted by Gasteiger charge is -2.49. The van der Waals surface area contributed by atoms with E-state index < -0.39 is 0 Å². The van der Waals surface area contributed by atoms with Crippen LogP contribution >= 0.6 is 11.3 Å². The fourth-order valence-electron chi connectivity index (χ4n) is 4.53. The standard InChI is InChI=1S/C20H21N3OS/c1-12-19(13-6-8-23(12)9-7-13)22-20(24)16-10-15-14-4-2-3-5-17(14)25-18(15)11-21-16/h2-5,10-13,19H,6-9H2,1H3,(H,22,24)/t12-,19-/m0/s1.